The molecule has 0 saturated carbocycles. The molecule has 1 aromatic carbocycles. The summed E-state index contributed by atoms with van der Waals surface area (Å²) < 4.78 is 20.4. The molecule has 1 aromatic heterocycles. The Hall–Kier alpha value is -0.653. The molecule has 2 nitrogen and oxygen atoms in total. The molecule has 0 radical (unpaired) electrons. The molecular weight excluding hydrogens is 361 g/mol. The van der Waals surface area contributed by atoms with Gasteiger partial charge < -0.3 is 9.41 Å². The Morgan fingerprint density at radius 1 is 1.27 bits per heavy atom. The van der Waals surface area contributed by atoms with E-state index >= 15 is 0 Å². The Balaban J connectivity index is 2.18. The molecule has 5 heteroatoms. The average molecular weight is 386 g/mol. The van der Waals surface area contributed by atoms with Crippen LogP contribution in [0, 0.1) is 11.7 Å². The first kappa shape index (κ1) is 17.7. The summed E-state index contributed by atoms with van der Waals surface area (Å²) in [6.45, 7) is 14.2. The van der Waals surface area contributed by atoms with Crippen molar-refractivity contribution in [1.29, 1.82) is 0 Å². The third-order valence-corrected chi connectivity index (χ3v) is 10.5. The SMILES string of the molecule is CC(C)C(C)(C)[Si](C)(C)OCc1cc2cc(Br)c(F)cc2[nH]1. The van der Waals surface area contributed by atoms with Crippen LogP contribution in [0.25, 0.3) is 10.9 Å². The maximum atomic E-state index is 13.6. The lowest BCUT2D eigenvalue weighted by Gasteiger charge is -2.42. The second-order valence-corrected chi connectivity index (χ2v) is 12.8. The molecule has 0 bridgehead atoms. The van der Waals surface area contributed by atoms with Crippen molar-refractivity contribution in [3.63, 3.8) is 0 Å². The highest BCUT2D eigenvalue weighted by Gasteiger charge is 2.43. The molecule has 0 amide bonds. The zero-order valence-electron chi connectivity index (χ0n) is 14.2. The predicted molar refractivity (Wildman–Crippen MR) is 97.1 cm³/mol. The third-order valence-electron chi connectivity index (χ3n) is 5.30. The molecule has 0 unspecified atom stereocenters. The van der Waals surface area contributed by atoms with Gasteiger partial charge in [0.15, 0.2) is 8.32 Å². The van der Waals surface area contributed by atoms with Crippen molar-refractivity contribution in [2.45, 2.75) is 52.4 Å². The van der Waals surface area contributed by atoms with E-state index in [0.717, 1.165) is 16.6 Å². The summed E-state index contributed by atoms with van der Waals surface area (Å²) in [5.41, 5.74) is 1.80. The molecule has 0 spiro atoms. The molecule has 122 valence electrons. The van der Waals surface area contributed by atoms with Gasteiger partial charge in [-0.15, -0.1) is 0 Å². The Bertz CT molecular complexity index is 640. The van der Waals surface area contributed by atoms with E-state index < -0.39 is 8.32 Å². The molecule has 0 saturated heterocycles. The van der Waals surface area contributed by atoms with E-state index in [-0.39, 0.29) is 10.9 Å². The van der Waals surface area contributed by atoms with E-state index in [0.29, 0.717) is 17.0 Å². The first-order valence-electron chi connectivity index (χ1n) is 7.65. The van der Waals surface area contributed by atoms with Gasteiger partial charge in [0.25, 0.3) is 0 Å². The lowest BCUT2D eigenvalue weighted by atomic mass is 9.99. The van der Waals surface area contributed by atoms with Crippen molar-refractivity contribution in [2.24, 2.45) is 5.92 Å². The minimum absolute atomic E-state index is 0.189. The average Bonchev–Trinajstić information content (AvgIpc) is 2.78. The fourth-order valence-corrected chi connectivity index (χ4v) is 5.04. The van der Waals surface area contributed by atoms with Crippen LogP contribution in [0.1, 0.15) is 33.4 Å². The zero-order chi connectivity index (χ0) is 16.7. The van der Waals surface area contributed by atoms with Gasteiger partial charge in [0.05, 0.1) is 11.1 Å². The minimum Gasteiger partial charge on any atom is -0.411 e. The first-order valence-corrected chi connectivity index (χ1v) is 11.4. The molecular formula is C17H25BrFNOSi. The van der Waals surface area contributed by atoms with Gasteiger partial charge in [0.1, 0.15) is 5.82 Å². The highest BCUT2D eigenvalue weighted by Crippen LogP contribution is 2.44. The summed E-state index contributed by atoms with van der Waals surface area (Å²) in [7, 11) is -1.85. The van der Waals surface area contributed by atoms with Gasteiger partial charge in [-0.2, -0.15) is 0 Å². The number of fused-ring (bicyclic) bond motifs is 1. The van der Waals surface area contributed by atoms with E-state index in [4.69, 9.17) is 4.43 Å². The molecule has 22 heavy (non-hydrogen) atoms. The van der Waals surface area contributed by atoms with E-state index in [1.54, 1.807) is 6.07 Å². The van der Waals surface area contributed by atoms with Crippen LogP contribution in [-0.2, 0) is 11.0 Å². The van der Waals surface area contributed by atoms with E-state index in [1.807, 2.05) is 6.07 Å². The maximum Gasteiger partial charge on any atom is 0.193 e. The monoisotopic (exact) mass is 385 g/mol. The van der Waals surface area contributed by atoms with Gasteiger partial charge in [-0.1, -0.05) is 27.7 Å². The van der Waals surface area contributed by atoms with Gasteiger partial charge in [-0.25, -0.2) is 4.39 Å². The van der Waals surface area contributed by atoms with Crippen LogP contribution in [0.5, 0.6) is 0 Å². The lowest BCUT2D eigenvalue weighted by Crippen LogP contribution is -2.45. The number of hydrogen-bond acceptors (Lipinski definition) is 1. The second kappa shape index (κ2) is 6.10. The van der Waals surface area contributed by atoms with Gasteiger partial charge in [0.2, 0.25) is 0 Å². The summed E-state index contributed by atoms with van der Waals surface area (Å²) in [5.74, 6) is 0.319. The van der Waals surface area contributed by atoms with Crippen molar-refractivity contribution in [3.8, 4) is 0 Å². The Kier molecular flexibility index (Phi) is 4.90. The number of hydrogen-bond donors (Lipinski definition) is 1. The Morgan fingerprint density at radius 3 is 2.50 bits per heavy atom. The number of benzene rings is 1. The summed E-state index contributed by atoms with van der Waals surface area (Å²) >= 11 is 3.23. The van der Waals surface area contributed by atoms with Crippen LogP contribution >= 0.6 is 15.9 Å². The Morgan fingerprint density at radius 2 is 1.91 bits per heavy atom. The molecule has 0 aliphatic rings. The highest BCUT2D eigenvalue weighted by molar-refractivity contribution is 9.10. The molecule has 1 heterocycles. The van der Waals surface area contributed by atoms with Gasteiger partial charge in [-0.3, -0.25) is 0 Å². The normalized spacial score (nSPS) is 13.3. The quantitative estimate of drug-likeness (QED) is 0.606. The second-order valence-electron chi connectivity index (χ2n) is 7.32. The van der Waals surface area contributed by atoms with Crippen LogP contribution < -0.4 is 0 Å². The number of halogens is 2. The number of aromatic nitrogens is 1. The van der Waals surface area contributed by atoms with Gasteiger partial charge in [0, 0.05) is 16.6 Å². The summed E-state index contributed by atoms with van der Waals surface area (Å²) in [6, 6.07) is 5.35. The van der Waals surface area contributed by atoms with Gasteiger partial charge in [-0.05, 0) is 58.2 Å². The summed E-state index contributed by atoms with van der Waals surface area (Å²) in [4.78, 5) is 3.25. The van der Waals surface area contributed by atoms with Crippen molar-refractivity contribution < 1.29 is 8.82 Å². The van der Waals surface area contributed by atoms with Gasteiger partial charge >= 0.3 is 0 Å². The van der Waals surface area contributed by atoms with Crippen LogP contribution in [0.15, 0.2) is 22.7 Å². The van der Waals surface area contributed by atoms with E-state index in [2.05, 4.69) is 61.7 Å². The number of nitrogens with one attached hydrogen (secondary N) is 1. The minimum atomic E-state index is -1.85. The largest absolute Gasteiger partial charge is 0.411 e. The fraction of sp³-hybridized carbons (Fsp3) is 0.529. The third kappa shape index (κ3) is 3.31. The van der Waals surface area contributed by atoms with Crippen LogP contribution in [0.2, 0.25) is 18.1 Å². The number of H-pyrrole nitrogens is 1. The smallest absolute Gasteiger partial charge is 0.193 e. The maximum absolute atomic E-state index is 13.6. The highest BCUT2D eigenvalue weighted by atomic mass is 79.9. The molecule has 0 aliphatic heterocycles. The molecule has 2 rings (SSSR count). The molecule has 0 atom stereocenters. The van der Waals surface area contributed by atoms with Crippen molar-refractivity contribution in [1.82, 2.24) is 4.98 Å². The fourth-order valence-electron chi connectivity index (χ4n) is 2.40. The first-order chi connectivity index (χ1) is 10.0. The predicted octanol–water partition coefficient (Wildman–Crippen LogP) is 6.23. The Labute approximate surface area is 141 Å². The summed E-state index contributed by atoms with van der Waals surface area (Å²) in [6.07, 6.45) is 0. The topological polar surface area (TPSA) is 25.0 Å². The van der Waals surface area contributed by atoms with Crippen molar-refractivity contribution in [3.05, 3.63) is 34.2 Å². The van der Waals surface area contributed by atoms with Crippen molar-refractivity contribution in [2.75, 3.05) is 0 Å². The number of rotatable bonds is 5. The summed E-state index contributed by atoms with van der Waals surface area (Å²) in [5, 5.41) is 1.18. The molecule has 0 fully saturated rings. The number of aromatic amines is 1. The molecule has 1 N–H and O–H groups in total. The van der Waals surface area contributed by atoms with Crippen LogP contribution in [-0.4, -0.2) is 13.3 Å². The van der Waals surface area contributed by atoms with E-state index in [1.165, 1.54) is 6.07 Å². The molecule has 0 aliphatic carbocycles. The van der Waals surface area contributed by atoms with E-state index in [9.17, 15) is 4.39 Å². The van der Waals surface area contributed by atoms with Crippen molar-refractivity contribution >= 4 is 35.2 Å². The lowest BCUT2D eigenvalue weighted by molar-refractivity contribution is 0.253. The van der Waals surface area contributed by atoms with Crippen LogP contribution in [0.3, 0.4) is 0 Å². The standard InChI is InChI=1S/C17H25BrFNOSi/c1-11(2)17(3,4)22(5,6)21-10-13-7-12-8-14(18)15(19)9-16(12)20-13/h7-9,11,20H,10H2,1-6H3. The molecule has 2 aromatic rings. The zero-order valence-corrected chi connectivity index (χ0v) is 16.8. The van der Waals surface area contributed by atoms with Crippen LogP contribution in [0.4, 0.5) is 4.39 Å².